The highest BCUT2D eigenvalue weighted by atomic mass is 19.2. The molecule has 0 radical (unpaired) electrons. The molecule has 3 aliphatic rings. The normalized spacial score (nSPS) is 19.6. The van der Waals surface area contributed by atoms with Gasteiger partial charge >= 0.3 is 0 Å². The van der Waals surface area contributed by atoms with E-state index in [1.165, 1.54) is 70.9 Å². The predicted molar refractivity (Wildman–Crippen MR) is 300 cm³/mol. The fraction of sp³-hybridized carbons (Fsp3) is 0.508. The van der Waals surface area contributed by atoms with E-state index >= 15 is 0 Å². The maximum Gasteiger partial charge on any atom is 0.201 e. The van der Waals surface area contributed by atoms with Crippen molar-refractivity contribution in [3.8, 4) is 34.1 Å². The molecule has 8 rings (SSSR count). The lowest BCUT2D eigenvalue weighted by Gasteiger charge is -2.29. The van der Waals surface area contributed by atoms with Gasteiger partial charge in [0.25, 0.3) is 0 Å². The molecule has 3 fully saturated rings. The molecule has 8 nitrogen and oxygen atoms in total. The Morgan fingerprint density at radius 1 is 0.446 bits per heavy atom. The van der Waals surface area contributed by atoms with Gasteiger partial charge in [0.2, 0.25) is 23.3 Å². The lowest BCUT2D eigenvalue weighted by Crippen LogP contribution is -2.21. The molecular weight excluding hydrogens is 1100 g/mol. The zero-order valence-corrected chi connectivity index (χ0v) is 49.0. The topological polar surface area (TPSA) is 73.8 Å². The zero-order valence-electron chi connectivity index (χ0n) is 49.0. The monoisotopic (exact) mass is 1180 g/mol. The van der Waals surface area contributed by atoms with E-state index < -0.39 is 58.2 Å². The third-order valence-electron chi connectivity index (χ3n) is 15.2. The molecule has 0 atom stereocenters. The number of allylic oxidation sites excluding steroid dienone is 1. The summed E-state index contributed by atoms with van der Waals surface area (Å²) in [4.78, 5) is 0. The van der Waals surface area contributed by atoms with Crippen molar-refractivity contribution in [3.05, 3.63) is 153 Å². The minimum Gasteiger partial charge on any atom is -0.498 e. The molecule has 0 unspecified atom stereocenters. The Kier molecular flexibility index (Phi) is 27.9. The number of ether oxygens (including phenoxy) is 8. The van der Waals surface area contributed by atoms with E-state index in [0.717, 1.165) is 90.1 Å². The number of benzene rings is 5. The lowest BCUT2D eigenvalue weighted by molar-refractivity contribution is 0.0248. The first-order valence-corrected chi connectivity index (χ1v) is 28.4. The molecule has 0 saturated heterocycles. The first-order valence-electron chi connectivity index (χ1n) is 28.4. The van der Waals surface area contributed by atoms with E-state index in [0.29, 0.717) is 16.7 Å². The van der Waals surface area contributed by atoms with Gasteiger partial charge in [-0.3, -0.25) is 0 Å². The first kappa shape index (κ1) is 67.8. The standard InChI is InChI=1S/C19H20F4O2.C16H22F2O2.C16H20F2O2.C14H18F2O2/c1-11(2)10-25-15-7-6-14(18(22)19(15)23)13-5-4-12(8-9-24-3)16(20)17(13)21;2*1-3-10-20-12-6-4-11(5-7-12)13-8-9-14(19-2)16(18)15(13)17;1-17-10-5-3-9(4-6-10)11-7-8-12(18-2)14(16)13(11)15/h4-7,11H,8-10H2,1-3H3;8-9,11-12H,3-7,10H2,1-2H3;3,8-12H,4-7H2,1-2H3;7-10H,3-6H2,1-2H3/b;;10-3+;. The summed E-state index contributed by atoms with van der Waals surface area (Å²) >= 11 is 0. The number of hydrogen-bond donors (Lipinski definition) is 0. The van der Waals surface area contributed by atoms with Crippen molar-refractivity contribution in [3.63, 3.8) is 0 Å². The second-order valence-corrected chi connectivity index (χ2v) is 21.2. The van der Waals surface area contributed by atoms with E-state index in [9.17, 15) is 43.9 Å². The van der Waals surface area contributed by atoms with Gasteiger partial charge in [0.15, 0.2) is 57.9 Å². The second-order valence-electron chi connectivity index (χ2n) is 21.2. The SMILES string of the molecule is C/C=C/OC1CCC(c2ccc(OC)c(F)c2F)CC1.CCCOC1CCC(c2ccc(OC)c(F)c2F)CC1.COCCc1ccc(-c2ccc(OCC(C)C)c(F)c2F)c(F)c1F.COc1ccc(C2CCC(OC)CC2)c(F)c1F. The van der Waals surface area contributed by atoms with Crippen LogP contribution in [0.15, 0.2) is 73.0 Å². The summed E-state index contributed by atoms with van der Waals surface area (Å²) in [5, 5.41) is 0. The third-order valence-corrected chi connectivity index (χ3v) is 15.2. The first-order chi connectivity index (χ1) is 39.9. The molecular formula is C65H80F10O8. The van der Waals surface area contributed by atoms with Crippen LogP contribution in [0.5, 0.6) is 23.0 Å². The van der Waals surface area contributed by atoms with Gasteiger partial charge in [-0.05, 0) is 173 Å². The van der Waals surface area contributed by atoms with Crippen LogP contribution in [0.2, 0.25) is 0 Å². The van der Waals surface area contributed by atoms with Crippen LogP contribution >= 0.6 is 0 Å². The largest absolute Gasteiger partial charge is 0.498 e. The van der Waals surface area contributed by atoms with Crippen molar-refractivity contribution in [2.45, 2.75) is 154 Å². The molecule has 0 aliphatic heterocycles. The fourth-order valence-corrected chi connectivity index (χ4v) is 10.5. The number of methoxy groups -OCH3 is 5. The minimum absolute atomic E-state index is 0.0359. The predicted octanol–water partition coefficient (Wildman–Crippen LogP) is 17.8. The van der Waals surface area contributed by atoms with Gasteiger partial charge in [-0.15, -0.1) is 0 Å². The maximum absolute atomic E-state index is 14.3. The molecule has 0 bridgehead atoms. The summed E-state index contributed by atoms with van der Waals surface area (Å²) in [6, 6.07) is 14.4. The molecule has 0 amide bonds. The Morgan fingerprint density at radius 2 is 0.843 bits per heavy atom. The Labute approximate surface area is 482 Å². The van der Waals surface area contributed by atoms with Gasteiger partial charge < -0.3 is 37.9 Å². The molecule has 5 aromatic rings. The average Bonchev–Trinajstić information content (AvgIpc) is 3.61. The molecule has 458 valence electrons. The Morgan fingerprint density at radius 3 is 1.24 bits per heavy atom. The Balaban J connectivity index is 0.000000204. The van der Waals surface area contributed by atoms with Crippen molar-refractivity contribution >= 4 is 0 Å². The molecule has 3 saturated carbocycles. The second kappa shape index (κ2) is 34.1. The van der Waals surface area contributed by atoms with Gasteiger partial charge in [-0.25, -0.2) is 26.3 Å². The molecule has 0 heterocycles. The van der Waals surface area contributed by atoms with Crippen molar-refractivity contribution in [1.82, 2.24) is 0 Å². The van der Waals surface area contributed by atoms with Crippen LogP contribution in [-0.2, 0) is 25.4 Å². The van der Waals surface area contributed by atoms with Gasteiger partial charge in [-0.1, -0.05) is 57.2 Å². The molecule has 0 spiro atoms. The Bertz CT molecular complexity index is 2820. The molecule has 0 aromatic heterocycles. The summed E-state index contributed by atoms with van der Waals surface area (Å²) in [6.07, 6.45) is 15.8. The van der Waals surface area contributed by atoms with Crippen LogP contribution in [0.1, 0.15) is 151 Å². The van der Waals surface area contributed by atoms with E-state index in [1.807, 2.05) is 26.8 Å². The summed E-state index contributed by atoms with van der Waals surface area (Å²) in [5.41, 5.74) is 0.795. The molecule has 0 N–H and O–H groups in total. The minimum atomic E-state index is -1.27. The van der Waals surface area contributed by atoms with Gasteiger partial charge in [0, 0.05) is 32.0 Å². The highest BCUT2D eigenvalue weighted by Gasteiger charge is 2.30. The smallest absolute Gasteiger partial charge is 0.201 e. The van der Waals surface area contributed by atoms with Gasteiger partial charge in [0.1, 0.15) is 0 Å². The van der Waals surface area contributed by atoms with Crippen LogP contribution in [0.3, 0.4) is 0 Å². The average molecular weight is 1180 g/mol. The van der Waals surface area contributed by atoms with Crippen LogP contribution in [-0.4, -0.2) is 73.7 Å². The Hall–Kier alpha value is -5.98. The summed E-state index contributed by atoms with van der Waals surface area (Å²) < 4.78 is 181. The molecule has 83 heavy (non-hydrogen) atoms. The zero-order chi connectivity index (χ0) is 60.8. The van der Waals surface area contributed by atoms with Gasteiger partial charge in [0.05, 0.1) is 59.1 Å². The van der Waals surface area contributed by atoms with Crippen molar-refractivity contribution in [1.29, 1.82) is 0 Å². The van der Waals surface area contributed by atoms with Crippen LogP contribution in [0.4, 0.5) is 43.9 Å². The van der Waals surface area contributed by atoms with Crippen molar-refractivity contribution < 1.29 is 81.8 Å². The maximum atomic E-state index is 14.3. The van der Waals surface area contributed by atoms with E-state index in [-0.39, 0.29) is 101 Å². The molecule has 5 aromatic carbocycles. The quantitative estimate of drug-likeness (QED) is 0.0598. The summed E-state index contributed by atoms with van der Waals surface area (Å²) in [6.45, 7) is 8.94. The van der Waals surface area contributed by atoms with Crippen LogP contribution < -0.4 is 18.9 Å². The summed E-state index contributed by atoms with van der Waals surface area (Å²) in [7, 11) is 7.15. The third kappa shape index (κ3) is 18.5. The van der Waals surface area contributed by atoms with E-state index in [4.69, 9.17) is 37.9 Å². The van der Waals surface area contributed by atoms with Crippen molar-refractivity contribution in [2.75, 3.05) is 55.4 Å². The van der Waals surface area contributed by atoms with Gasteiger partial charge in [-0.2, -0.15) is 17.6 Å². The summed E-state index contributed by atoms with van der Waals surface area (Å²) in [5.74, 6) is -9.79. The number of hydrogen-bond acceptors (Lipinski definition) is 8. The number of rotatable bonds is 19. The molecule has 3 aliphatic carbocycles. The highest BCUT2D eigenvalue weighted by molar-refractivity contribution is 5.66. The van der Waals surface area contributed by atoms with E-state index in [2.05, 4.69) is 6.92 Å². The van der Waals surface area contributed by atoms with Crippen molar-refractivity contribution in [2.24, 2.45) is 5.92 Å². The fourth-order valence-electron chi connectivity index (χ4n) is 10.5. The lowest BCUT2D eigenvalue weighted by atomic mass is 9.82. The number of halogens is 10. The van der Waals surface area contributed by atoms with Crippen LogP contribution in [0.25, 0.3) is 11.1 Å². The van der Waals surface area contributed by atoms with E-state index in [1.54, 1.807) is 31.6 Å². The van der Waals surface area contributed by atoms with Crippen LogP contribution in [0, 0.1) is 64.1 Å². The highest BCUT2D eigenvalue weighted by Crippen LogP contribution is 2.41. The molecule has 18 heteroatoms.